The highest BCUT2D eigenvalue weighted by Crippen LogP contribution is 2.56. The first kappa shape index (κ1) is 12.2. The second kappa shape index (κ2) is 4.24. The van der Waals surface area contributed by atoms with Gasteiger partial charge in [0, 0.05) is 6.54 Å². The van der Waals surface area contributed by atoms with Crippen molar-refractivity contribution in [3.63, 3.8) is 0 Å². The molecule has 4 aliphatic rings. The fourth-order valence-electron chi connectivity index (χ4n) is 5.27. The summed E-state index contributed by atoms with van der Waals surface area (Å²) < 4.78 is 1.80. The molecule has 5 rings (SSSR count). The van der Waals surface area contributed by atoms with Crippen molar-refractivity contribution in [2.45, 2.75) is 38.6 Å². The zero-order chi connectivity index (χ0) is 13.9. The topological polar surface area (TPSA) is 86.9 Å². The number of anilines is 1. The summed E-state index contributed by atoms with van der Waals surface area (Å²) >= 11 is 0. The molecule has 0 aromatic carbocycles. The Morgan fingerprint density at radius 3 is 2.30 bits per heavy atom. The summed E-state index contributed by atoms with van der Waals surface area (Å²) in [4.78, 5) is 11.3. The minimum absolute atomic E-state index is 0.355. The number of nitrogen functional groups attached to an aromatic ring is 1. The molecule has 1 heterocycles. The smallest absolute Gasteiger partial charge is 0.254 e. The standard InChI is InChI=1S/C15H22N4O/c16-14-12(15(17)20)6-18-19(14)7-13-10-2-8-1-9(4-10)5-11(13)3-8/h6,8-11,13H,1-5,7,16H2,(H2,17,20). The predicted octanol–water partition coefficient (Wildman–Crippen LogP) is 1.64. The van der Waals surface area contributed by atoms with Crippen molar-refractivity contribution in [1.82, 2.24) is 9.78 Å². The number of primary amides is 1. The van der Waals surface area contributed by atoms with Crippen molar-refractivity contribution in [3.8, 4) is 0 Å². The number of hydrogen-bond acceptors (Lipinski definition) is 3. The molecule has 4 saturated carbocycles. The predicted molar refractivity (Wildman–Crippen MR) is 75.7 cm³/mol. The van der Waals surface area contributed by atoms with Crippen LogP contribution in [0.25, 0.3) is 0 Å². The van der Waals surface area contributed by atoms with Crippen molar-refractivity contribution in [1.29, 1.82) is 0 Å². The first-order chi connectivity index (χ1) is 9.61. The molecular weight excluding hydrogens is 252 g/mol. The maximum atomic E-state index is 11.3. The molecular formula is C15H22N4O. The number of hydrogen-bond donors (Lipinski definition) is 2. The maximum absolute atomic E-state index is 11.3. The van der Waals surface area contributed by atoms with Crippen LogP contribution in [0.5, 0.6) is 0 Å². The van der Waals surface area contributed by atoms with E-state index in [1.165, 1.54) is 38.3 Å². The van der Waals surface area contributed by atoms with Gasteiger partial charge >= 0.3 is 0 Å². The van der Waals surface area contributed by atoms with Gasteiger partial charge in [-0.15, -0.1) is 0 Å². The molecule has 4 aliphatic carbocycles. The Morgan fingerprint density at radius 2 is 1.80 bits per heavy atom. The minimum Gasteiger partial charge on any atom is -0.383 e. The molecule has 5 nitrogen and oxygen atoms in total. The van der Waals surface area contributed by atoms with E-state index in [1.807, 2.05) is 0 Å². The number of nitrogens with two attached hydrogens (primary N) is 2. The van der Waals surface area contributed by atoms with Crippen LogP contribution in [-0.4, -0.2) is 15.7 Å². The molecule has 1 aromatic heterocycles. The van der Waals surface area contributed by atoms with Crippen molar-refractivity contribution in [2.24, 2.45) is 35.3 Å². The molecule has 4 bridgehead atoms. The summed E-state index contributed by atoms with van der Waals surface area (Å²) in [6.45, 7) is 0.855. The summed E-state index contributed by atoms with van der Waals surface area (Å²) in [6.07, 6.45) is 8.54. The van der Waals surface area contributed by atoms with Gasteiger partial charge in [-0.1, -0.05) is 0 Å². The molecule has 0 saturated heterocycles. The Bertz CT molecular complexity index is 522. The lowest BCUT2D eigenvalue weighted by Crippen LogP contribution is -2.46. The normalized spacial score (nSPS) is 38.3. The molecule has 0 aliphatic heterocycles. The molecule has 0 spiro atoms. The number of carbonyl (C=O) groups excluding carboxylic acids is 1. The van der Waals surface area contributed by atoms with E-state index in [4.69, 9.17) is 11.5 Å². The van der Waals surface area contributed by atoms with E-state index in [0.29, 0.717) is 17.3 Å². The molecule has 0 unspecified atom stereocenters. The van der Waals surface area contributed by atoms with Crippen LogP contribution in [0, 0.1) is 29.6 Å². The number of rotatable bonds is 3. The molecule has 4 N–H and O–H groups in total. The highest BCUT2D eigenvalue weighted by Gasteiger charge is 2.48. The van der Waals surface area contributed by atoms with Crippen molar-refractivity contribution < 1.29 is 4.79 Å². The molecule has 1 aromatic rings. The zero-order valence-electron chi connectivity index (χ0n) is 11.7. The van der Waals surface area contributed by atoms with E-state index < -0.39 is 5.91 Å². The van der Waals surface area contributed by atoms with Crippen LogP contribution in [-0.2, 0) is 6.54 Å². The number of aromatic nitrogens is 2. The monoisotopic (exact) mass is 274 g/mol. The van der Waals surface area contributed by atoms with Crippen LogP contribution in [0.4, 0.5) is 5.82 Å². The Hall–Kier alpha value is -1.52. The second-order valence-electron chi connectivity index (χ2n) is 7.08. The third-order valence-electron chi connectivity index (χ3n) is 5.95. The van der Waals surface area contributed by atoms with Crippen LogP contribution < -0.4 is 11.5 Å². The van der Waals surface area contributed by atoms with Gasteiger partial charge in [0.15, 0.2) is 0 Å². The molecule has 4 fully saturated rings. The van der Waals surface area contributed by atoms with Crippen LogP contribution in [0.2, 0.25) is 0 Å². The molecule has 5 heteroatoms. The lowest BCUT2D eigenvalue weighted by molar-refractivity contribution is -0.0440. The minimum atomic E-state index is -0.487. The van der Waals surface area contributed by atoms with Crippen molar-refractivity contribution in [3.05, 3.63) is 11.8 Å². The van der Waals surface area contributed by atoms with E-state index in [9.17, 15) is 4.79 Å². The zero-order valence-corrected chi connectivity index (χ0v) is 11.7. The van der Waals surface area contributed by atoms with Crippen molar-refractivity contribution in [2.75, 3.05) is 5.73 Å². The molecule has 1 amide bonds. The van der Waals surface area contributed by atoms with E-state index in [-0.39, 0.29) is 0 Å². The Morgan fingerprint density at radius 1 is 1.20 bits per heavy atom. The highest BCUT2D eigenvalue weighted by molar-refractivity contribution is 5.96. The van der Waals surface area contributed by atoms with E-state index >= 15 is 0 Å². The summed E-state index contributed by atoms with van der Waals surface area (Å²) in [5, 5.41) is 4.28. The Balaban J connectivity index is 1.56. The van der Waals surface area contributed by atoms with Gasteiger partial charge in [-0.05, 0) is 61.7 Å². The average Bonchev–Trinajstić information content (AvgIpc) is 2.74. The quantitative estimate of drug-likeness (QED) is 0.878. The van der Waals surface area contributed by atoms with Gasteiger partial charge in [0.2, 0.25) is 0 Å². The van der Waals surface area contributed by atoms with Gasteiger partial charge in [0.05, 0.1) is 6.20 Å². The molecule has 108 valence electrons. The second-order valence-corrected chi connectivity index (χ2v) is 7.08. The lowest BCUT2D eigenvalue weighted by Gasteiger charge is -2.54. The van der Waals surface area contributed by atoms with Gasteiger partial charge in [-0.2, -0.15) is 5.10 Å². The summed E-state index contributed by atoms with van der Waals surface area (Å²) in [5.74, 6) is 4.27. The Labute approximate surface area is 118 Å². The molecule has 0 radical (unpaired) electrons. The first-order valence-corrected chi connectivity index (χ1v) is 7.73. The van der Waals surface area contributed by atoms with Gasteiger partial charge in [-0.3, -0.25) is 4.79 Å². The average molecular weight is 274 g/mol. The maximum Gasteiger partial charge on any atom is 0.254 e. The fourth-order valence-corrected chi connectivity index (χ4v) is 5.27. The summed E-state index contributed by atoms with van der Waals surface area (Å²) in [6, 6.07) is 0. The molecule has 0 atom stereocenters. The number of carbonyl (C=O) groups is 1. The third-order valence-corrected chi connectivity index (χ3v) is 5.95. The van der Waals surface area contributed by atoms with Crippen molar-refractivity contribution >= 4 is 11.7 Å². The first-order valence-electron chi connectivity index (χ1n) is 7.73. The fraction of sp³-hybridized carbons (Fsp3) is 0.733. The molecule has 20 heavy (non-hydrogen) atoms. The Kier molecular flexibility index (Phi) is 2.59. The highest BCUT2D eigenvalue weighted by atomic mass is 16.1. The van der Waals surface area contributed by atoms with Gasteiger partial charge in [0.1, 0.15) is 11.4 Å². The largest absolute Gasteiger partial charge is 0.383 e. The third kappa shape index (κ3) is 1.75. The number of nitrogens with zero attached hydrogens (tertiary/aromatic N) is 2. The number of amides is 1. The van der Waals surface area contributed by atoms with Crippen LogP contribution >= 0.6 is 0 Å². The van der Waals surface area contributed by atoms with Gasteiger partial charge in [0.25, 0.3) is 5.91 Å². The van der Waals surface area contributed by atoms with E-state index in [2.05, 4.69) is 5.10 Å². The van der Waals surface area contributed by atoms with Crippen LogP contribution in [0.1, 0.15) is 42.5 Å². The SMILES string of the molecule is NC(=O)c1cnn(CC2C3CC4CC(C3)CC2C4)c1N. The summed E-state index contributed by atoms with van der Waals surface area (Å²) in [5.41, 5.74) is 11.7. The van der Waals surface area contributed by atoms with Crippen LogP contribution in [0.3, 0.4) is 0 Å². The lowest BCUT2D eigenvalue weighted by atomic mass is 9.52. The van der Waals surface area contributed by atoms with Gasteiger partial charge in [-0.25, -0.2) is 4.68 Å². The van der Waals surface area contributed by atoms with E-state index in [1.54, 1.807) is 4.68 Å². The van der Waals surface area contributed by atoms with E-state index in [0.717, 1.165) is 30.2 Å². The van der Waals surface area contributed by atoms with Crippen LogP contribution in [0.15, 0.2) is 6.20 Å². The van der Waals surface area contributed by atoms with Gasteiger partial charge < -0.3 is 11.5 Å². The summed E-state index contributed by atoms with van der Waals surface area (Å²) in [7, 11) is 0.